The molecule has 0 radical (unpaired) electrons. The Morgan fingerprint density at radius 2 is 1.89 bits per heavy atom. The summed E-state index contributed by atoms with van der Waals surface area (Å²) in [6.07, 6.45) is 1.72. The minimum atomic E-state index is -0.596. The lowest BCUT2D eigenvalue weighted by Gasteiger charge is -2.21. The molecule has 3 aromatic rings. The Balaban J connectivity index is 1.37. The molecule has 2 aromatic carbocycles. The molecule has 0 spiro atoms. The van der Waals surface area contributed by atoms with Gasteiger partial charge in [0.1, 0.15) is 5.60 Å². The van der Waals surface area contributed by atoms with Crippen LogP contribution in [0.1, 0.15) is 26.3 Å². The van der Waals surface area contributed by atoms with Crippen LogP contribution in [-0.2, 0) is 17.7 Å². The Labute approximate surface area is 221 Å². The molecule has 0 saturated heterocycles. The first-order chi connectivity index (χ1) is 18.1. The number of hydrogen-bond donors (Lipinski definition) is 1. The average Bonchev–Trinajstić information content (AvgIpc) is 3.33. The lowest BCUT2D eigenvalue weighted by atomic mass is 9.95. The van der Waals surface area contributed by atoms with Crippen LogP contribution in [0, 0.1) is 0 Å². The quantitative estimate of drug-likeness (QED) is 0.505. The van der Waals surface area contributed by atoms with Crippen molar-refractivity contribution in [2.45, 2.75) is 39.3 Å². The van der Waals surface area contributed by atoms with Crippen molar-refractivity contribution < 1.29 is 37.8 Å². The van der Waals surface area contributed by atoms with Crippen LogP contribution in [0.15, 0.2) is 36.5 Å². The maximum Gasteiger partial charge on any atom is 0.415 e. The van der Waals surface area contributed by atoms with Crippen LogP contribution in [0.3, 0.4) is 0 Å². The van der Waals surface area contributed by atoms with Gasteiger partial charge in [0, 0.05) is 32.6 Å². The zero-order valence-electron chi connectivity index (χ0n) is 22.3. The molecule has 10 nitrogen and oxygen atoms in total. The highest BCUT2D eigenvalue weighted by Gasteiger charge is 2.29. The fraction of sp³-hybridized carbons (Fsp3) is 0.393. The fourth-order valence-electron chi connectivity index (χ4n) is 4.56. The smallest absolute Gasteiger partial charge is 0.415 e. The molecule has 0 aliphatic carbocycles. The minimum absolute atomic E-state index is 0.217. The summed E-state index contributed by atoms with van der Waals surface area (Å²) in [5.74, 6) is 2.31. The number of pyridine rings is 1. The third kappa shape index (κ3) is 5.11. The Morgan fingerprint density at radius 3 is 2.63 bits per heavy atom. The molecule has 5 rings (SSSR count). The molecule has 3 heterocycles. The number of benzene rings is 2. The highest BCUT2D eigenvalue weighted by molar-refractivity contribution is 5.93. The van der Waals surface area contributed by atoms with Gasteiger partial charge in [-0.2, -0.15) is 4.57 Å². The first kappa shape index (κ1) is 25.4. The van der Waals surface area contributed by atoms with Crippen LogP contribution in [0.2, 0.25) is 0 Å². The number of alkyl carbamates (subject to hydrolysis) is 1. The summed E-state index contributed by atoms with van der Waals surface area (Å²) in [6, 6.07) is 9.90. The van der Waals surface area contributed by atoms with Gasteiger partial charge in [0.2, 0.25) is 12.5 Å². The van der Waals surface area contributed by atoms with Crippen LogP contribution in [0.5, 0.6) is 23.0 Å². The van der Waals surface area contributed by atoms with Crippen molar-refractivity contribution in [2.24, 2.45) is 0 Å². The van der Waals surface area contributed by atoms with E-state index in [4.69, 9.17) is 23.7 Å². The highest BCUT2D eigenvalue weighted by atomic mass is 16.7. The van der Waals surface area contributed by atoms with Crippen LogP contribution in [0.4, 0.5) is 9.59 Å². The summed E-state index contributed by atoms with van der Waals surface area (Å²) < 4.78 is 29.9. The largest absolute Gasteiger partial charge is 0.493 e. The summed E-state index contributed by atoms with van der Waals surface area (Å²) in [6.45, 7) is 6.82. The number of ether oxygens (including phenoxy) is 5. The van der Waals surface area contributed by atoms with Gasteiger partial charge in [-0.25, -0.2) is 9.59 Å². The monoisotopic (exact) mass is 522 g/mol. The molecule has 0 atom stereocenters. The molecule has 0 bridgehead atoms. The zero-order valence-corrected chi connectivity index (χ0v) is 22.3. The van der Waals surface area contributed by atoms with Crippen LogP contribution in [0.25, 0.3) is 22.0 Å². The number of nitrogens with one attached hydrogen (secondary N) is 1. The van der Waals surface area contributed by atoms with E-state index in [1.165, 1.54) is 17.6 Å². The van der Waals surface area contributed by atoms with E-state index in [1.54, 1.807) is 33.9 Å². The molecule has 200 valence electrons. The van der Waals surface area contributed by atoms with E-state index in [2.05, 4.69) is 22.0 Å². The van der Waals surface area contributed by atoms with E-state index in [0.717, 1.165) is 46.5 Å². The van der Waals surface area contributed by atoms with Crippen molar-refractivity contribution >= 4 is 23.0 Å². The number of likely N-dealkylation sites (N-methyl/N-ethyl adjacent to an activating group) is 1. The minimum Gasteiger partial charge on any atom is -0.493 e. The molecule has 0 saturated carbocycles. The van der Waals surface area contributed by atoms with Crippen LogP contribution >= 0.6 is 0 Å². The zero-order chi connectivity index (χ0) is 27.0. The lowest BCUT2D eigenvalue weighted by molar-refractivity contribution is -0.686. The van der Waals surface area contributed by atoms with Gasteiger partial charge in [-0.05, 0) is 56.0 Å². The normalized spacial score (nSPS) is 13.4. The van der Waals surface area contributed by atoms with Crippen molar-refractivity contribution in [3.05, 3.63) is 42.1 Å². The predicted molar refractivity (Wildman–Crippen MR) is 139 cm³/mol. The van der Waals surface area contributed by atoms with Gasteiger partial charge in [-0.3, -0.25) is 0 Å². The second kappa shape index (κ2) is 9.92. The van der Waals surface area contributed by atoms with Gasteiger partial charge in [0.05, 0.1) is 18.1 Å². The number of methoxy groups -OCH3 is 1. The molecule has 10 heteroatoms. The summed E-state index contributed by atoms with van der Waals surface area (Å²) in [5, 5.41) is 4.30. The van der Waals surface area contributed by atoms with Crippen molar-refractivity contribution in [3.63, 3.8) is 0 Å². The Kier molecular flexibility index (Phi) is 6.64. The van der Waals surface area contributed by atoms with Gasteiger partial charge in [-0.15, -0.1) is 0 Å². The van der Waals surface area contributed by atoms with Gasteiger partial charge >= 0.3 is 12.2 Å². The molecule has 38 heavy (non-hydrogen) atoms. The number of nitrogens with zero attached hydrogens (tertiary/aromatic N) is 2. The van der Waals surface area contributed by atoms with Crippen molar-refractivity contribution in [3.8, 4) is 34.3 Å². The summed E-state index contributed by atoms with van der Waals surface area (Å²) in [7, 11) is 3.14. The summed E-state index contributed by atoms with van der Waals surface area (Å²) in [4.78, 5) is 26.2. The van der Waals surface area contributed by atoms with E-state index in [9.17, 15) is 9.59 Å². The van der Waals surface area contributed by atoms with Gasteiger partial charge in [-0.1, -0.05) is 0 Å². The number of fused-ring (bicyclic) bond motifs is 5. The number of aromatic nitrogens is 1. The number of hydrogen-bond acceptors (Lipinski definition) is 7. The molecule has 2 aliphatic heterocycles. The van der Waals surface area contributed by atoms with Gasteiger partial charge < -0.3 is 33.9 Å². The fourth-order valence-corrected chi connectivity index (χ4v) is 4.56. The molecule has 2 amide bonds. The maximum atomic E-state index is 13.0. The highest BCUT2D eigenvalue weighted by Crippen LogP contribution is 2.41. The maximum absolute atomic E-state index is 13.0. The first-order valence-corrected chi connectivity index (χ1v) is 12.5. The topological polar surface area (TPSA) is 99.4 Å². The number of amides is 2. The number of carbonyl (C=O) groups is 2. The molecule has 2 aliphatic rings. The van der Waals surface area contributed by atoms with Gasteiger partial charge in [0.15, 0.2) is 35.7 Å². The van der Waals surface area contributed by atoms with Crippen LogP contribution < -0.4 is 28.8 Å². The predicted octanol–water partition coefficient (Wildman–Crippen LogP) is 4.04. The molecule has 0 fully saturated rings. The van der Waals surface area contributed by atoms with E-state index in [1.807, 2.05) is 18.3 Å². The third-order valence-corrected chi connectivity index (χ3v) is 6.41. The summed E-state index contributed by atoms with van der Waals surface area (Å²) >= 11 is 0. The SMILES string of the molecule is COc1ccc2cc3[n+](cc2c1OC(=O)N(C)CCNC(=O)OC(C)(C)C)CCc1cc2c(cc1-3)OCO2. The van der Waals surface area contributed by atoms with Crippen LogP contribution in [-0.4, -0.2) is 56.7 Å². The molecule has 1 aromatic heterocycles. The molecular formula is C28H32N3O7+. The Bertz CT molecular complexity index is 1410. The number of rotatable bonds is 5. The van der Waals surface area contributed by atoms with E-state index < -0.39 is 17.8 Å². The van der Waals surface area contributed by atoms with E-state index in [0.29, 0.717) is 11.5 Å². The summed E-state index contributed by atoms with van der Waals surface area (Å²) in [5.41, 5.74) is 2.75. The number of carbonyl (C=O) groups excluding carboxylic acids is 2. The van der Waals surface area contributed by atoms with Crippen molar-refractivity contribution in [1.82, 2.24) is 10.2 Å². The third-order valence-electron chi connectivity index (χ3n) is 6.41. The molecule has 1 N–H and O–H groups in total. The molecular weight excluding hydrogens is 490 g/mol. The first-order valence-electron chi connectivity index (χ1n) is 12.5. The Morgan fingerprint density at radius 1 is 1.13 bits per heavy atom. The van der Waals surface area contributed by atoms with Gasteiger partial charge in [0.25, 0.3) is 0 Å². The molecule has 0 unspecified atom stereocenters. The second-order valence-electron chi connectivity index (χ2n) is 10.3. The standard InChI is InChI=1S/C28H31N3O7/c1-28(2,3)38-26(32)29-9-11-30(4)27(33)37-25-20-15-31-10-8-18-13-23-24(36-16-35-23)14-19(18)21(31)12-17(20)6-7-22(25)34-5/h6-7,12-15H,8-11,16H2,1-5H3/p+1. The average molecular weight is 523 g/mol. The van der Waals surface area contributed by atoms with Crippen molar-refractivity contribution in [2.75, 3.05) is 34.0 Å². The van der Waals surface area contributed by atoms with E-state index in [-0.39, 0.29) is 19.9 Å². The second-order valence-corrected chi connectivity index (χ2v) is 10.3. The number of aryl methyl sites for hydroxylation is 2. The van der Waals surface area contributed by atoms with Crippen molar-refractivity contribution in [1.29, 1.82) is 0 Å². The van der Waals surface area contributed by atoms with E-state index >= 15 is 0 Å². The Hall–Kier alpha value is -4.21. The lowest BCUT2D eigenvalue weighted by Crippen LogP contribution is -2.40.